The van der Waals surface area contributed by atoms with Crippen LogP contribution in [0.1, 0.15) is 0 Å². The largest absolute Gasteiger partial charge is 0.323 e. The first kappa shape index (κ1) is 19.4. The number of hydrogen-bond acceptors (Lipinski definition) is 6. The van der Waals surface area contributed by atoms with Gasteiger partial charge in [0.2, 0.25) is 5.91 Å². The molecule has 3 rings (SSSR count). The number of non-ortho nitro benzene ring substituents is 1. The van der Waals surface area contributed by atoms with Crippen LogP contribution >= 0.6 is 11.8 Å². The molecule has 0 spiro atoms. The molecular weight excluding hydrogens is 392 g/mol. The average molecular weight is 405 g/mol. The maximum atomic E-state index is 12.6. The Balaban J connectivity index is 1.70. The normalized spacial score (nSPS) is 10.8. The molecule has 0 radical (unpaired) electrons. The number of thioether (sulfide) groups is 1. The number of benzene rings is 2. The molecule has 28 heavy (non-hydrogen) atoms. The molecule has 0 fully saturated rings. The third-order valence-electron chi connectivity index (χ3n) is 3.53. The van der Waals surface area contributed by atoms with Gasteiger partial charge in [-0.3, -0.25) is 14.9 Å². The number of rotatable bonds is 7. The van der Waals surface area contributed by atoms with Crippen molar-refractivity contribution in [2.45, 2.75) is 17.2 Å². The van der Waals surface area contributed by atoms with Gasteiger partial charge in [-0.25, -0.2) is 9.67 Å². The molecule has 0 saturated heterocycles. The number of hydrogen-bond donors (Lipinski definition) is 1. The van der Waals surface area contributed by atoms with E-state index in [1.807, 2.05) is 0 Å². The Morgan fingerprint density at radius 2 is 2.04 bits per heavy atom. The molecule has 0 atom stereocenters. The molecule has 0 aliphatic heterocycles. The maximum absolute atomic E-state index is 12.6. The lowest BCUT2D eigenvalue weighted by Gasteiger charge is -2.10. The van der Waals surface area contributed by atoms with Crippen LogP contribution in [0.25, 0.3) is 11.4 Å². The number of halogens is 2. The Labute approximate surface area is 161 Å². The monoisotopic (exact) mass is 405 g/mol. The van der Waals surface area contributed by atoms with Crippen molar-refractivity contribution < 1.29 is 18.5 Å². The first-order chi connectivity index (χ1) is 13.4. The van der Waals surface area contributed by atoms with Crippen molar-refractivity contribution in [1.82, 2.24) is 14.8 Å². The van der Waals surface area contributed by atoms with Crippen LogP contribution in [-0.4, -0.2) is 31.4 Å². The molecule has 144 valence electrons. The number of alkyl halides is 2. The summed E-state index contributed by atoms with van der Waals surface area (Å²) in [5.41, 5.74) is 0.614. The summed E-state index contributed by atoms with van der Waals surface area (Å²) >= 11 is 0.341. The predicted molar refractivity (Wildman–Crippen MR) is 99.0 cm³/mol. The highest BCUT2D eigenvalue weighted by molar-refractivity contribution is 7.99. The minimum Gasteiger partial charge on any atom is -0.323 e. The zero-order valence-corrected chi connectivity index (χ0v) is 15.0. The summed E-state index contributed by atoms with van der Waals surface area (Å²) in [6.07, 6.45) is 1.31. The molecule has 1 aromatic heterocycles. The van der Waals surface area contributed by atoms with Gasteiger partial charge in [-0.2, -0.15) is 13.9 Å². The predicted octanol–water partition coefficient (Wildman–Crippen LogP) is 3.81. The number of anilines is 1. The third-order valence-corrected chi connectivity index (χ3v) is 4.32. The van der Waals surface area contributed by atoms with Crippen molar-refractivity contribution in [2.75, 3.05) is 5.32 Å². The minimum atomic E-state index is -2.61. The fourth-order valence-corrected chi connectivity index (χ4v) is 2.96. The molecule has 1 N–H and O–H groups in total. The Kier molecular flexibility index (Phi) is 5.94. The van der Waals surface area contributed by atoms with Crippen molar-refractivity contribution in [3.63, 3.8) is 0 Å². The van der Waals surface area contributed by atoms with E-state index in [1.54, 1.807) is 18.2 Å². The third kappa shape index (κ3) is 4.88. The molecular formula is C17H13F2N5O3S. The standard InChI is InChI=1S/C17H13F2N5O3S/c18-17(19)28-14-7-2-1-6-13(14)21-15(25)9-23-10-20-16(22-23)11-4-3-5-12(8-11)24(26)27/h1-8,10,17H,9H2,(H,21,25). The zero-order valence-electron chi connectivity index (χ0n) is 14.2. The Bertz CT molecular complexity index is 1010. The van der Waals surface area contributed by atoms with Crippen LogP contribution in [0.5, 0.6) is 0 Å². The molecule has 2 aromatic carbocycles. The van der Waals surface area contributed by atoms with Gasteiger partial charge in [0.15, 0.2) is 5.82 Å². The van der Waals surface area contributed by atoms with Crippen molar-refractivity contribution in [2.24, 2.45) is 0 Å². The van der Waals surface area contributed by atoms with Crippen LogP contribution < -0.4 is 5.32 Å². The van der Waals surface area contributed by atoms with Crippen molar-refractivity contribution in [3.05, 3.63) is 65.0 Å². The van der Waals surface area contributed by atoms with Crippen LogP contribution in [0.2, 0.25) is 0 Å². The molecule has 0 saturated carbocycles. The van der Waals surface area contributed by atoms with Gasteiger partial charge in [-0.15, -0.1) is 0 Å². The lowest BCUT2D eigenvalue weighted by molar-refractivity contribution is -0.384. The highest BCUT2D eigenvalue weighted by Crippen LogP contribution is 2.31. The summed E-state index contributed by atoms with van der Waals surface area (Å²) in [6.45, 7) is -0.199. The molecule has 8 nitrogen and oxygen atoms in total. The van der Waals surface area contributed by atoms with Crippen LogP contribution in [0.15, 0.2) is 59.8 Å². The van der Waals surface area contributed by atoms with Crippen LogP contribution in [-0.2, 0) is 11.3 Å². The number of para-hydroxylation sites is 1. The summed E-state index contributed by atoms with van der Waals surface area (Å²) in [6, 6.07) is 12.0. The van der Waals surface area contributed by atoms with E-state index in [1.165, 1.54) is 41.3 Å². The Hall–Kier alpha value is -3.34. The van der Waals surface area contributed by atoms with Gasteiger partial charge in [0, 0.05) is 22.6 Å². The smallest absolute Gasteiger partial charge is 0.288 e. The second-order valence-corrected chi connectivity index (χ2v) is 6.53. The number of nitrogens with zero attached hydrogens (tertiary/aromatic N) is 4. The van der Waals surface area contributed by atoms with E-state index in [0.29, 0.717) is 17.3 Å². The molecule has 3 aromatic rings. The number of amides is 1. The number of aromatic nitrogens is 3. The number of nitrogens with one attached hydrogen (secondary N) is 1. The van der Waals surface area contributed by atoms with Crippen LogP contribution in [0.3, 0.4) is 0 Å². The molecule has 0 unspecified atom stereocenters. The first-order valence-electron chi connectivity index (χ1n) is 7.90. The highest BCUT2D eigenvalue weighted by Gasteiger charge is 2.14. The average Bonchev–Trinajstić information content (AvgIpc) is 3.11. The van der Waals surface area contributed by atoms with E-state index in [9.17, 15) is 23.7 Å². The molecule has 0 bridgehead atoms. The fraction of sp³-hybridized carbons (Fsp3) is 0.118. The summed E-state index contributed by atoms with van der Waals surface area (Å²) in [7, 11) is 0. The number of carbonyl (C=O) groups is 1. The second kappa shape index (κ2) is 8.57. The van der Waals surface area contributed by atoms with Gasteiger partial charge in [0.25, 0.3) is 11.4 Å². The van der Waals surface area contributed by atoms with Gasteiger partial charge in [0.05, 0.1) is 10.6 Å². The summed E-state index contributed by atoms with van der Waals surface area (Å²) in [4.78, 5) is 26.9. The van der Waals surface area contributed by atoms with Crippen LogP contribution in [0.4, 0.5) is 20.2 Å². The summed E-state index contributed by atoms with van der Waals surface area (Å²) in [5.74, 6) is -2.85. The highest BCUT2D eigenvalue weighted by atomic mass is 32.2. The fourth-order valence-electron chi connectivity index (χ4n) is 2.37. The van der Waals surface area contributed by atoms with Crippen molar-refractivity contribution >= 4 is 29.0 Å². The Morgan fingerprint density at radius 3 is 2.79 bits per heavy atom. The van der Waals surface area contributed by atoms with Gasteiger partial charge in [0.1, 0.15) is 12.9 Å². The van der Waals surface area contributed by atoms with E-state index in [0.717, 1.165) is 0 Å². The summed E-state index contributed by atoms with van der Waals surface area (Å²) in [5, 5.41) is 17.6. The van der Waals surface area contributed by atoms with E-state index >= 15 is 0 Å². The topological polar surface area (TPSA) is 103 Å². The van der Waals surface area contributed by atoms with E-state index in [4.69, 9.17) is 0 Å². The first-order valence-corrected chi connectivity index (χ1v) is 8.78. The van der Waals surface area contributed by atoms with E-state index in [-0.39, 0.29) is 28.6 Å². The molecule has 1 heterocycles. The van der Waals surface area contributed by atoms with Crippen LogP contribution in [0, 0.1) is 10.1 Å². The molecule has 0 aliphatic carbocycles. The number of nitro groups is 1. The maximum Gasteiger partial charge on any atom is 0.288 e. The minimum absolute atomic E-state index is 0.0975. The quantitative estimate of drug-likeness (QED) is 0.364. The van der Waals surface area contributed by atoms with Gasteiger partial charge >= 0.3 is 0 Å². The lowest BCUT2D eigenvalue weighted by Crippen LogP contribution is -2.19. The summed E-state index contributed by atoms with van der Waals surface area (Å²) < 4.78 is 26.5. The number of nitro benzene ring substituents is 1. The second-order valence-electron chi connectivity index (χ2n) is 5.50. The van der Waals surface area contributed by atoms with Crippen molar-refractivity contribution in [1.29, 1.82) is 0 Å². The molecule has 1 amide bonds. The van der Waals surface area contributed by atoms with Gasteiger partial charge in [-0.05, 0) is 12.1 Å². The van der Waals surface area contributed by atoms with E-state index < -0.39 is 16.6 Å². The Morgan fingerprint density at radius 1 is 1.25 bits per heavy atom. The zero-order chi connectivity index (χ0) is 20.1. The molecule has 11 heteroatoms. The molecule has 0 aliphatic rings. The lowest BCUT2D eigenvalue weighted by atomic mass is 10.2. The van der Waals surface area contributed by atoms with Gasteiger partial charge < -0.3 is 5.32 Å². The number of carbonyl (C=O) groups excluding carboxylic acids is 1. The van der Waals surface area contributed by atoms with Gasteiger partial charge in [-0.1, -0.05) is 36.0 Å². The van der Waals surface area contributed by atoms with Crippen molar-refractivity contribution in [3.8, 4) is 11.4 Å². The van der Waals surface area contributed by atoms with E-state index in [2.05, 4.69) is 15.4 Å². The SMILES string of the molecule is O=C(Cn1cnc(-c2cccc([N+](=O)[O-])c2)n1)Nc1ccccc1SC(F)F.